The first kappa shape index (κ1) is 16.5. The van der Waals surface area contributed by atoms with E-state index in [9.17, 15) is 12.8 Å². The van der Waals surface area contributed by atoms with Gasteiger partial charge in [-0.1, -0.05) is 6.92 Å². The smallest absolute Gasteiger partial charge is 0.148 e. The number of hydrogen-bond donors (Lipinski definition) is 1. The monoisotopic (exact) mass is 305 g/mol. The minimum atomic E-state index is -2.95. The molecule has 0 aliphatic carbocycles. The lowest BCUT2D eigenvalue weighted by Crippen LogP contribution is -2.14. The van der Waals surface area contributed by atoms with Crippen molar-refractivity contribution in [1.29, 1.82) is 0 Å². The van der Waals surface area contributed by atoms with Crippen molar-refractivity contribution in [1.82, 2.24) is 5.32 Å². The van der Waals surface area contributed by atoms with Gasteiger partial charge in [0.2, 0.25) is 0 Å². The predicted molar refractivity (Wildman–Crippen MR) is 78.8 cm³/mol. The Hall–Kier alpha value is -0.590. The molecule has 1 N–H and O–H groups in total. The Morgan fingerprint density at radius 3 is 2.74 bits per heavy atom. The third-order valence-electron chi connectivity index (χ3n) is 2.48. The van der Waals surface area contributed by atoms with Crippen LogP contribution in [0.1, 0.15) is 18.9 Å². The van der Waals surface area contributed by atoms with Crippen LogP contribution in [0, 0.1) is 5.82 Å². The van der Waals surface area contributed by atoms with Crippen molar-refractivity contribution in [3.8, 4) is 0 Å². The van der Waals surface area contributed by atoms with Gasteiger partial charge in [0.05, 0.1) is 5.75 Å². The van der Waals surface area contributed by atoms with E-state index < -0.39 is 9.84 Å². The summed E-state index contributed by atoms with van der Waals surface area (Å²) < 4.78 is 35.4. The van der Waals surface area contributed by atoms with Crippen LogP contribution in [0.3, 0.4) is 0 Å². The molecule has 0 bridgehead atoms. The lowest BCUT2D eigenvalue weighted by Gasteiger charge is -2.10. The molecule has 0 amide bonds. The number of halogens is 1. The highest BCUT2D eigenvalue weighted by atomic mass is 32.2. The van der Waals surface area contributed by atoms with Crippen molar-refractivity contribution in [2.24, 2.45) is 0 Å². The average Bonchev–Trinajstić information content (AvgIpc) is 2.30. The minimum Gasteiger partial charge on any atom is -0.313 e. The second-order valence-electron chi connectivity index (χ2n) is 4.41. The van der Waals surface area contributed by atoms with Crippen LogP contribution in [0.5, 0.6) is 0 Å². The summed E-state index contributed by atoms with van der Waals surface area (Å²) in [6.45, 7) is 3.55. The molecule has 0 fully saturated rings. The van der Waals surface area contributed by atoms with Crippen LogP contribution in [0.15, 0.2) is 23.1 Å². The zero-order valence-corrected chi connectivity index (χ0v) is 12.9. The van der Waals surface area contributed by atoms with Gasteiger partial charge in [0.25, 0.3) is 0 Å². The highest BCUT2D eigenvalue weighted by molar-refractivity contribution is 8.00. The molecule has 0 aliphatic heterocycles. The molecule has 0 aliphatic rings. The minimum absolute atomic E-state index is 0.136. The SMILES string of the molecule is CCCNCc1cc(F)ccc1SCCS(C)(=O)=O. The third-order valence-corrected chi connectivity index (χ3v) is 4.80. The topological polar surface area (TPSA) is 46.2 Å². The summed E-state index contributed by atoms with van der Waals surface area (Å²) >= 11 is 1.45. The van der Waals surface area contributed by atoms with Gasteiger partial charge in [0.1, 0.15) is 15.7 Å². The van der Waals surface area contributed by atoms with E-state index >= 15 is 0 Å². The molecule has 0 aromatic heterocycles. The second-order valence-corrected chi connectivity index (χ2v) is 7.80. The van der Waals surface area contributed by atoms with Gasteiger partial charge in [-0.2, -0.15) is 0 Å². The molecule has 0 saturated heterocycles. The van der Waals surface area contributed by atoms with Crippen molar-refractivity contribution in [3.05, 3.63) is 29.6 Å². The van der Waals surface area contributed by atoms with Crippen molar-refractivity contribution in [2.45, 2.75) is 24.8 Å². The Balaban J connectivity index is 2.65. The summed E-state index contributed by atoms with van der Waals surface area (Å²) in [5.74, 6) is 0.364. The van der Waals surface area contributed by atoms with Gasteiger partial charge >= 0.3 is 0 Å². The molecule has 19 heavy (non-hydrogen) atoms. The number of thioether (sulfide) groups is 1. The van der Waals surface area contributed by atoms with E-state index in [2.05, 4.69) is 12.2 Å². The van der Waals surface area contributed by atoms with Gasteiger partial charge < -0.3 is 5.32 Å². The van der Waals surface area contributed by atoms with E-state index in [1.807, 2.05) is 0 Å². The molecule has 0 heterocycles. The van der Waals surface area contributed by atoms with Crippen molar-refractivity contribution in [3.63, 3.8) is 0 Å². The Kier molecular flexibility index (Phi) is 6.82. The van der Waals surface area contributed by atoms with E-state index in [-0.39, 0.29) is 11.6 Å². The van der Waals surface area contributed by atoms with E-state index in [1.54, 1.807) is 6.07 Å². The maximum atomic E-state index is 13.2. The van der Waals surface area contributed by atoms with Crippen LogP contribution in [0.4, 0.5) is 4.39 Å². The predicted octanol–water partition coefficient (Wildman–Crippen LogP) is 2.46. The normalized spacial score (nSPS) is 11.7. The molecule has 0 unspecified atom stereocenters. The molecule has 6 heteroatoms. The summed E-state index contributed by atoms with van der Waals surface area (Å²) in [5.41, 5.74) is 0.881. The quantitative estimate of drug-likeness (QED) is 0.592. The zero-order chi connectivity index (χ0) is 14.3. The van der Waals surface area contributed by atoms with Gasteiger partial charge in [-0.3, -0.25) is 0 Å². The molecule has 1 aromatic carbocycles. The van der Waals surface area contributed by atoms with Crippen molar-refractivity contribution < 1.29 is 12.8 Å². The largest absolute Gasteiger partial charge is 0.313 e. The molecular weight excluding hydrogens is 285 g/mol. The van der Waals surface area contributed by atoms with Crippen LogP contribution < -0.4 is 5.32 Å². The van der Waals surface area contributed by atoms with Crippen LogP contribution in [-0.2, 0) is 16.4 Å². The maximum Gasteiger partial charge on any atom is 0.148 e. The van der Waals surface area contributed by atoms with E-state index in [0.717, 1.165) is 23.4 Å². The first-order valence-electron chi connectivity index (χ1n) is 6.22. The highest BCUT2D eigenvalue weighted by Crippen LogP contribution is 2.23. The molecule has 1 aromatic rings. The molecule has 0 radical (unpaired) electrons. The number of nitrogens with one attached hydrogen (secondary N) is 1. The van der Waals surface area contributed by atoms with E-state index in [1.165, 1.54) is 30.2 Å². The van der Waals surface area contributed by atoms with E-state index in [0.29, 0.717) is 12.3 Å². The third kappa shape index (κ3) is 6.94. The molecular formula is C13H20FNO2S2. The Morgan fingerprint density at radius 2 is 2.11 bits per heavy atom. The number of hydrogen-bond acceptors (Lipinski definition) is 4. The summed E-state index contributed by atoms with van der Waals surface area (Å²) in [4.78, 5) is 0.939. The lowest BCUT2D eigenvalue weighted by molar-refractivity contribution is 0.603. The number of sulfone groups is 1. The standard InChI is InChI=1S/C13H20FNO2S2/c1-3-6-15-10-11-9-12(14)4-5-13(11)18-7-8-19(2,16)17/h4-5,9,15H,3,6-8,10H2,1-2H3. The fraction of sp³-hybridized carbons (Fsp3) is 0.538. The Labute approximate surface area is 118 Å². The van der Waals surface area contributed by atoms with Gasteiger partial charge in [0.15, 0.2) is 0 Å². The molecule has 0 saturated carbocycles. The first-order chi connectivity index (χ1) is 8.92. The molecule has 3 nitrogen and oxygen atoms in total. The summed E-state index contributed by atoms with van der Waals surface area (Å²) in [6, 6.07) is 4.63. The van der Waals surface area contributed by atoms with E-state index in [4.69, 9.17) is 0 Å². The van der Waals surface area contributed by atoms with Gasteiger partial charge in [-0.25, -0.2) is 12.8 Å². The Bertz CT molecular complexity index is 503. The van der Waals surface area contributed by atoms with Gasteiger partial charge in [-0.05, 0) is 36.7 Å². The highest BCUT2D eigenvalue weighted by Gasteiger charge is 2.07. The molecule has 0 spiro atoms. The molecule has 108 valence electrons. The van der Waals surface area contributed by atoms with Gasteiger partial charge in [-0.15, -0.1) is 11.8 Å². The average molecular weight is 305 g/mol. The Morgan fingerprint density at radius 1 is 1.37 bits per heavy atom. The van der Waals surface area contributed by atoms with Crippen LogP contribution in [0.2, 0.25) is 0 Å². The second kappa shape index (κ2) is 7.87. The zero-order valence-electron chi connectivity index (χ0n) is 11.3. The van der Waals surface area contributed by atoms with Crippen LogP contribution in [-0.4, -0.2) is 32.7 Å². The molecule has 1 rings (SSSR count). The molecule has 0 atom stereocenters. The fourth-order valence-corrected chi connectivity index (χ4v) is 3.77. The first-order valence-corrected chi connectivity index (χ1v) is 9.26. The van der Waals surface area contributed by atoms with Crippen LogP contribution >= 0.6 is 11.8 Å². The van der Waals surface area contributed by atoms with Crippen molar-refractivity contribution in [2.75, 3.05) is 24.3 Å². The summed E-state index contributed by atoms with van der Waals surface area (Å²) in [6.07, 6.45) is 2.24. The summed E-state index contributed by atoms with van der Waals surface area (Å²) in [5, 5.41) is 3.23. The summed E-state index contributed by atoms with van der Waals surface area (Å²) in [7, 11) is -2.95. The lowest BCUT2D eigenvalue weighted by atomic mass is 10.2. The number of rotatable bonds is 8. The van der Waals surface area contributed by atoms with Crippen LogP contribution in [0.25, 0.3) is 0 Å². The van der Waals surface area contributed by atoms with Gasteiger partial charge in [0, 0.05) is 23.4 Å². The number of benzene rings is 1. The van der Waals surface area contributed by atoms with Crippen molar-refractivity contribution >= 4 is 21.6 Å². The fourth-order valence-electron chi connectivity index (χ4n) is 1.53. The maximum absolute atomic E-state index is 13.2.